The van der Waals surface area contributed by atoms with Crippen molar-refractivity contribution in [1.82, 2.24) is 15.3 Å². The summed E-state index contributed by atoms with van der Waals surface area (Å²) in [6.07, 6.45) is 4.13. The lowest BCUT2D eigenvalue weighted by Gasteiger charge is -2.23. The van der Waals surface area contributed by atoms with Crippen LogP contribution in [-0.2, 0) is 9.47 Å². The summed E-state index contributed by atoms with van der Waals surface area (Å²) in [6, 6.07) is 7.49. The van der Waals surface area contributed by atoms with Gasteiger partial charge in [-0.1, -0.05) is 17.7 Å². The predicted molar refractivity (Wildman–Crippen MR) is 130 cm³/mol. The summed E-state index contributed by atoms with van der Waals surface area (Å²) in [7, 11) is 1.56. The summed E-state index contributed by atoms with van der Waals surface area (Å²) in [6.45, 7) is 1.95. The van der Waals surface area contributed by atoms with Crippen LogP contribution in [0.2, 0.25) is 5.02 Å². The van der Waals surface area contributed by atoms with Gasteiger partial charge in [0, 0.05) is 29.4 Å². The second-order valence-electron chi connectivity index (χ2n) is 8.78. The van der Waals surface area contributed by atoms with E-state index < -0.39 is 0 Å². The number of carbonyl (C=O) groups is 1. The van der Waals surface area contributed by atoms with Crippen LogP contribution < -0.4 is 20.1 Å². The van der Waals surface area contributed by atoms with E-state index in [-0.39, 0.29) is 24.0 Å². The number of fused-ring (bicyclic) bond motifs is 3. The van der Waals surface area contributed by atoms with Gasteiger partial charge in [0.05, 0.1) is 60.8 Å². The molecule has 2 aliphatic heterocycles. The fourth-order valence-corrected chi connectivity index (χ4v) is 4.99. The number of anilines is 2. The molecule has 2 aromatic heterocycles. The Morgan fingerprint density at radius 2 is 2.20 bits per heavy atom. The topological polar surface area (TPSA) is 107 Å². The van der Waals surface area contributed by atoms with E-state index in [4.69, 9.17) is 30.5 Å². The van der Waals surface area contributed by atoms with Crippen molar-refractivity contribution < 1.29 is 23.7 Å². The number of para-hydroxylation sites is 1. The first-order valence-corrected chi connectivity index (χ1v) is 11.9. The number of rotatable bonds is 7. The summed E-state index contributed by atoms with van der Waals surface area (Å²) in [5.74, 6) is 1.22. The number of carbonyl (C=O) groups excluding carboxylic acids is 1. The molecular formula is C25H25ClN4O5. The molecule has 182 valence electrons. The Morgan fingerprint density at radius 1 is 1.29 bits per heavy atom. The third kappa shape index (κ3) is 4.09. The van der Waals surface area contributed by atoms with Gasteiger partial charge >= 0.3 is 0 Å². The Morgan fingerprint density at radius 3 is 3.03 bits per heavy atom. The van der Waals surface area contributed by atoms with Gasteiger partial charge < -0.3 is 34.6 Å². The summed E-state index contributed by atoms with van der Waals surface area (Å²) < 4.78 is 22.9. The monoisotopic (exact) mass is 496 g/mol. The lowest BCUT2D eigenvalue weighted by Crippen LogP contribution is -2.33. The molecule has 1 aliphatic carbocycles. The lowest BCUT2D eigenvalue weighted by molar-refractivity contribution is -0.101. The highest BCUT2D eigenvalue weighted by molar-refractivity contribution is 6.32. The number of benzene rings is 1. The number of nitrogens with one attached hydrogen (secondary N) is 3. The summed E-state index contributed by atoms with van der Waals surface area (Å²) in [4.78, 5) is 20.9. The van der Waals surface area contributed by atoms with E-state index >= 15 is 0 Å². The minimum absolute atomic E-state index is 0.117. The van der Waals surface area contributed by atoms with Crippen molar-refractivity contribution in [3.05, 3.63) is 52.9 Å². The zero-order chi connectivity index (χ0) is 23.9. The Hall–Kier alpha value is -3.27. The molecule has 1 aromatic carbocycles. The highest BCUT2D eigenvalue weighted by atomic mass is 35.5. The third-order valence-corrected chi connectivity index (χ3v) is 6.83. The molecule has 0 spiro atoms. The van der Waals surface area contributed by atoms with E-state index in [1.807, 2.05) is 18.2 Å². The quantitative estimate of drug-likeness (QED) is 0.455. The molecule has 0 bridgehead atoms. The Bertz CT molecular complexity index is 1270. The van der Waals surface area contributed by atoms with Crippen molar-refractivity contribution in [2.24, 2.45) is 0 Å². The van der Waals surface area contributed by atoms with Crippen molar-refractivity contribution in [2.75, 3.05) is 38.9 Å². The van der Waals surface area contributed by atoms with E-state index in [1.165, 1.54) is 0 Å². The number of amides is 1. The highest BCUT2D eigenvalue weighted by Gasteiger charge is 2.48. The van der Waals surface area contributed by atoms with Crippen molar-refractivity contribution in [3.8, 4) is 22.8 Å². The van der Waals surface area contributed by atoms with Crippen LogP contribution >= 0.6 is 11.6 Å². The molecule has 2 fully saturated rings. The average Bonchev–Trinajstić information content (AvgIpc) is 3.55. The molecular weight excluding hydrogens is 472 g/mol. The smallest absolute Gasteiger partial charge is 0.255 e. The van der Waals surface area contributed by atoms with Crippen molar-refractivity contribution in [1.29, 1.82) is 0 Å². The number of methoxy groups -OCH3 is 1. The molecule has 3 unspecified atom stereocenters. The summed E-state index contributed by atoms with van der Waals surface area (Å²) in [5.41, 5.74) is 4.31. The van der Waals surface area contributed by atoms with Crippen LogP contribution in [0.1, 0.15) is 28.4 Å². The van der Waals surface area contributed by atoms with Gasteiger partial charge in [0.2, 0.25) is 0 Å². The van der Waals surface area contributed by atoms with Crippen LogP contribution in [0, 0.1) is 0 Å². The fourth-order valence-electron chi connectivity index (χ4n) is 4.74. The summed E-state index contributed by atoms with van der Waals surface area (Å²) in [5, 5.41) is 6.98. The fraction of sp³-hybridized carbons (Fsp3) is 0.360. The Labute approximate surface area is 207 Å². The van der Waals surface area contributed by atoms with Gasteiger partial charge in [0.25, 0.3) is 5.91 Å². The molecule has 3 N–H and O–H groups in total. The maximum Gasteiger partial charge on any atom is 0.255 e. The molecule has 3 aromatic rings. The van der Waals surface area contributed by atoms with Gasteiger partial charge in [0.15, 0.2) is 5.75 Å². The van der Waals surface area contributed by atoms with E-state index in [9.17, 15) is 4.79 Å². The number of aromatic nitrogens is 2. The van der Waals surface area contributed by atoms with E-state index in [0.717, 1.165) is 23.4 Å². The lowest BCUT2D eigenvalue weighted by atomic mass is 10.0. The Balaban J connectivity index is 1.42. The highest BCUT2D eigenvalue weighted by Crippen LogP contribution is 2.51. The average molecular weight is 497 g/mol. The second kappa shape index (κ2) is 9.07. The Kier molecular flexibility index (Phi) is 5.75. The van der Waals surface area contributed by atoms with Gasteiger partial charge in [-0.3, -0.25) is 9.78 Å². The maximum absolute atomic E-state index is 13.1. The van der Waals surface area contributed by atoms with Gasteiger partial charge in [0.1, 0.15) is 18.5 Å². The normalized spacial score (nSPS) is 22.6. The first-order valence-electron chi connectivity index (χ1n) is 11.6. The second-order valence-corrected chi connectivity index (χ2v) is 9.19. The molecule has 0 radical (unpaired) electrons. The zero-order valence-electron chi connectivity index (χ0n) is 19.1. The largest absolute Gasteiger partial charge is 0.493 e. The molecule has 4 heterocycles. The van der Waals surface area contributed by atoms with Gasteiger partial charge in [-0.25, -0.2) is 0 Å². The van der Waals surface area contributed by atoms with Crippen molar-refractivity contribution in [3.63, 3.8) is 0 Å². The van der Waals surface area contributed by atoms with Crippen LogP contribution in [0.5, 0.6) is 11.5 Å². The van der Waals surface area contributed by atoms with E-state index in [2.05, 4.69) is 20.6 Å². The molecule has 1 saturated heterocycles. The van der Waals surface area contributed by atoms with Crippen LogP contribution in [0.3, 0.4) is 0 Å². The van der Waals surface area contributed by atoms with Gasteiger partial charge in [-0.15, -0.1) is 0 Å². The first kappa shape index (κ1) is 22.2. The van der Waals surface area contributed by atoms with Crippen molar-refractivity contribution >= 4 is 28.9 Å². The molecule has 1 amide bonds. The molecule has 3 atom stereocenters. The molecule has 35 heavy (non-hydrogen) atoms. The maximum atomic E-state index is 13.1. The van der Waals surface area contributed by atoms with Crippen molar-refractivity contribution in [2.45, 2.75) is 24.5 Å². The number of nitrogens with zero attached hydrogens (tertiary/aromatic N) is 1. The summed E-state index contributed by atoms with van der Waals surface area (Å²) >= 11 is 6.37. The van der Waals surface area contributed by atoms with E-state index in [1.54, 1.807) is 25.6 Å². The van der Waals surface area contributed by atoms with Crippen LogP contribution in [0.25, 0.3) is 11.3 Å². The number of hydrogen-bond acceptors (Lipinski definition) is 7. The van der Waals surface area contributed by atoms with E-state index in [0.29, 0.717) is 59.9 Å². The molecule has 9 nitrogen and oxygen atoms in total. The third-order valence-electron chi connectivity index (χ3n) is 6.53. The number of pyridine rings is 1. The molecule has 6 rings (SSSR count). The van der Waals surface area contributed by atoms with Gasteiger partial charge in [-0.05, 0) is 24.6 Å². The first-order chi connectivity index (χ1) is 17.1. The van der Waals surface area contributed by atoms with Gasteiger partial charge in [-0.2, -0.15) is 0 Å². The van der Waals surface area contributed by atoms with Crippen LogP contribution in [0.4, 0.5) is 11.4 Å². The number of aromatic amines is 1. The minimum Gasteiger partial charge on any atom is -0.493 e. The minimum atomic E-state index is -0.153. The van der Waals surface area contributed by atoms with Crippen LogP contribution in [-0.4, -0.2) is 61.6 Å². The number of H-pyrrole nitrogens is 1. The standard InChI is InChI=1S/C25H25ClN4O5/c1-32-24-16(26)3-2-4-17(24)28-23-20-21(15-9-18(15)29-25(20)31)30-22(23)14-5-6-27-10-19(14)35-12-13-11-33-7-8-34-13/h2-6,10,13,15,18,28,30H,7-9,11-12H2,1H3,(H,29,31). The number of halogens is 1. The molecule has 3 aliphatic rings. The van der Waals surface area contributed by atoms with Crippen LogP contribution in [0.15, 0.2) is 36.7 Å². The predicted octanol–water partition coefficient (Wildman–Crippen LogP) is 3.88. The molecule has 10 heteroatoms. The zero-order valence-corrected chi connectivity index (χ0v) is 19.9. The number of hydrogen-bond donors (Lipinski definition) is 3. The SMILES string of the molecule is COc1c(Cl)cccc1Nc1c(-c2ccncc2OCC2COCCO2)[nH]c2c1C(=O)NC1CC21. The molecule has 1 saturated carbocycles. The number of ether oxygens (including phenoxy) is 4.